The molecule has 0 saturated carbocycles. The van der Waals surface area contributed by atoms with Gasteiger partial charge in [0.1, 0.15) is 0 Å². The summed E-state index contributed by atoms with van der Waals surface area (Å²) in [5, 5.41) is 3.06. The lowest BCUT2D eigenvalue weighted by Gasteiger charge is -2.36. The Labute approximate surface area is 159 Å². The van der Waals surface area contributed by atoms with Crippen LogP contribution in [0.25, 0.3) is 0 Å². The highest BCUT2D eigenvalue weighted by Crippen LogP contribution is 2.19. The number of nitrogens with one attached hydrogen (secondary N) is 1. The molecule has 0 radical (unpaired) electrons. The lowest BCUT2D eigenvalue weighted by molar-refractivity contribution is 0.0600. The van der Waals surface area contributed by atoms with Gasteiger partial charge in [-0.25, -0.2) is 9.59 Å². The highest BCUT2D eigenvalue weighted by atomic mass is 16.5. The molecule has 3 rings (SSSR count). The predicted molar refractivity (Wildman–Crippen MR) is 105 cm³/mol. The monoisotopic (exact) mass is 367 g/mol. The van der Waals surface area contributed by atoms with E-state index in [-0.39, 0.29) is 18.0 Å². The fraction of sp³-hybridized carbons (Fsp3) is 0.333. The molecule has 2 aromatic carbocycles. The molecule has 2 amide bonds. The average molecular weight is 367 g/mol. The van der Waals surface area contributed by atoms with Gasteiger partial charge in [0.25, 0.3) is 0 Å². The fourth-order valence-corrected chi connectivity index (χ4v) is 3.22. The molecule has 6 nitrogen and oxygen atoms in total. The zero-order chi connectivity index (χ0) is 19.2. The molecule has 142 valence electrons. The zero-order valence-electron chi connectivity index (χ0n) is 15.7. The van der Waals surface area contributed by atoms with Crippen LogP contribution in [-0.4, -0.2) is 50.2 Å². The van der Waals surface area contributed by atoms with Gasteiger partial charge < -0.3 is 19.9 Å². The van der Waals surface area contributed by atoms with Crippen LogP contribution in [-0.2, 0) is 4.74 Å². The molecule has 1 saturated heterocycles. The molecule has 0 aliphatic carbocycles. The highest BCUT2D eigenvalue weighted by molar-refractivity contribution is 5.90. The molecule has 1 N–H and O–H groups in total. The number of carbonyl (C=O) groups excluding carboxylic acids is 2. The number of nitrogens with zero attached hydrogens (tertiary/aromatic N) is 2. The number of hydrogen-bond donors (Lipinski definition) is 1. The van der Waals surface area contributed by atoms with Crippen molar-refractivity contribution < 1.29 is 14.3 Å². The normalized spacial score (nSPS) is 15.2. The summed E-state index contributed by atoms with van der Waals surface area (Å²) in [7, 11) is 1.38. The summed E-state index contributed by atoms with van der Waals surface area (Å²) in [4.78, 5) is 28.3. The Morgan fingerprint density at radius 1 is 1.00 bits per heavy atom. The van der Waals surface area contributed by atoms with Crippen LogP contribution >= 0.6 is 0 Å². The molecule has 27 heavy (non-hydrogen) atoms. The number of ether oxygens (including phenoxy) is 1. The van der Waals surface area contributed by atoms with Gasteiger partial charge in [0.2, 0.25) is 0 Å². The second-order valence-corrected chi connectivity index (χ2v) is 6.60. The molecular weight excluding hydrogens is 342 g/mol. The Morgan fingerprint density at radius 3 is 2.37 bits per heavy atom. The number of benzene rings is 2. The van der Waals surface area contributed by atoms with Crippen molar-refractivity contribution in [2.24, 2.45) is 0 Å². The van der Waals surface area contributed by atoms with Crippen LogP contribution in [0, 0.1) is 0 Å². The number of rotatable bonds is 4. The molecular formula is C21H25N3O3. The lowest BCUT2D eigenvalue weighted by atomic mass is 10.1. The average Bonchev–Trinajstić information content (AvgIpc) is 2.74. The van der Waals surface area contributed by atoms with E-state index in [0.29, 0.717) is 18.7 Å². The minimum absolute atomic E-state index is 0.0338. The van der Waals surface area contributed by atoms with E-state index in [0.717, 1.165) is 24.3 Å². The summed E-state index contributed by atoms with van der Waals surface area (Å²) in [6, 6.07) is 17.2. The highest BCUT2D eigenvalue weighted by Gasteiger charge is 2.23. The van der Waals surface area contributed by atoms with Crippen LogP contribution in [0.1, 0.15) is 28.9 Å². The van der Waals surface area contributed by atoms with E-state index in [2.05, 4.69) is 10.2 Å². The molecule has 0 spiro atoms. The van der Waals surface area contributed by atoms with Gasteiger partial charge in [-0.1, -0.05) is 36.4 Å². The number of esters is 1. The topological polar surface area (TPSA) is 61.9 Å². The number of carbonyl (C=O) groups is 2. The summed E-state index contributed by atoms with van der Waals surface area (Å²) < 4.78 is 4.78. The Kier molecular flexibility index (Phi) is 5.96. The molecule has 6 heteroatoms. The summed E-state index contributed by atoms with van der Waals surface area (Å²) >= 11 is 0. The number of hydrogen-bond acceptors (Lipinski definition) is 4. The van der Waals surface area contributed by atoms with Crippen molar-refractivity contribution in [1.82, 2.24) is 10.2 Å². The fourth-order valence-electron chi connectivity index (χ4n) is 3.22. The smallest absolute Gasteiger partial charge is 0.337 e. The first-order valence-corrected chi connectivity index (χ1v) is 9.12. The largest absolute Gasteiger partial charge is 0.465 e. The standard InChI is InChI=1S/C21H25N3O3/c1-16(17-7-4-3-5-8-17)22-21(26)24-13-11-23(12-14-24)19-10-6-9-18(15-19)20(25)27-2/h3-10,15-16H,11-14H2,1-2H3,(H,22,26). The molecule has 0 aromatic heterocycles. The second-order valence-electron chi connectivity index (χ2n) is 6.60. The van der Waals surface area contributed by atoms with Crippen molar-refractivity contribution in [2.45, 2.75) is 13.0 Å². The van der Waals surface area contributed by atoms with E-state index in [1.807, 2.05) is 60.4 Å². The third kappa shape index (κ3) is 4.58. The first kappa shape index (κ1) is 18.8. The van der Waals surface area contributed by atoms with Gasteiger partial charge in [0.15, 0.2) is 0 Å². The molecule has 0 bridgehead atoms. The lowest BCUT2D eigenvalue weighted by Crippen LogP contribution is -2.52. The number of urea groups is 1. The first-order chi connectivity index (χ1) is 13.1. The van der Waals surface area contributed by atoms with Crippen molar-refractivity contribution in [2.75, 3.05) is 38.2 Å². The predicted octanol–water partition coefficient (Wildman–Crippen LogP) is 3.07. The van der Waals surface area contributed by atoms with Crippen molar-refractivity contribution >= 4 is 17.7 Å². The third-order valence-corrected chi connectivity index (χ3v) is 4.84. The van der Waals surface area contributed by atoms with Gasteiger partial charge >= 0.3 is 12.0 Å². The quantitative estimate of drug-likeness (QED) is 0.844. The summed E-state index contributed by atoms with van der Waals surface area (Å²) in [6.07, 6.45) is 0. The first-order valence-electron chi connectivity index (χ1n) is 9.12. The van der Waals surface area contributed by atoms with E-state index in [1.54, 1.807) is 6.07 Å². The molecule has 1 aliphatic rings. The summed E-state index contributed by atoms with van der Waals surface area (Å²) in [5.41, 5.74) is 2.59. The summed E-state index contributed by atoms with van der Waals surface area (Å²) in [5.74, 6) is -0.343. The number of amides is 2. The maximum absolute atomic E-state index is 12.5. The van der Waals surface area contributed by atoms with Gasteiger partial charge in [-0.15, -0.1) is 0 Å². The zero-order valence-corrected chi connectivity index (χ0v) is 15.7. The van der Waals surface area contributed by atoms with Gasteiger partial charge in [0.05, 0.1) is 18.7 Å². The molecule has 1 unspecified atom stereocenters. The van der Waals surface area contributed by atoms with Crippen molar-refractivity contribution in [1.29, 1.82) is 0 Å². The number of methoxy groups -OCH3 is 1. The van der Waals surface area contributed by atoms with Gasteiger partial charge in [-0.05, 0) is 30.7 Å². The van der Waals surface area contributed by atoms with Crippen LogP contribution in [0.2, 0.25) is 0 Å². The molecule has 1 fully saturated rings. The molecule has 1 heterocycles. The van der Waals surface area contributed by atoms with Gasteiger partial charge in [-0.2, -0.15) is 0 Å². The molecule has 1 aliphatic heterocycles. The SMILES string of the molecule is COC(=O)c1cccc(N2CCN(C(=O)NC(C)c3ccccc3)CC2)c1. The second kappa shape index (κ2) is 8.58. The minimum atomic E-state index is -0.343. The number of piperazine rings is 1. The summed E-state index contributed by atoms with van der Waals surface area (Å²) in [6.45, 7) is 4.70. The Hall–Kier alpha value is -3.02. The number of anilines is 1. The van der Waals surface area contributed by atoms with E-state index in [1.165, 1.54) is 7.11 Å². The maximum Gasteiger partial charge on any atom is 0.337 e. The maximum atomic E-state index is 12.5. The van der Waals surface area contributed by atoms with Crippen molar-refractivity contribution in [3.05, 3.63) is 65.7 Å². The van der Waals surface area contributed by atoms with Crippen LogP contribution in [0.4, 0.5) is 10.5 Å². The van der Waals surface area contributed by atoms with Crippen molar-refractivity contribution in [3.8, 4) is 0 Å². The molecule has 2 aromatic rings. The van der Waals surface area contributed by atoms with Crippen LogP contribution < -0.4 is 10.2 Å². The molecule has 1 atom stereocenters. The third-order valence-electron chi connectivity index (χ3n) is 4.84. The Bertz CT molecular complexity index is 786. The van der Waals surface area contributed by atoms with E-state index in [9.17, 15) is 9.59 Å². The van der Waals surface area contributed by atoms with Crippen molar-refractivity contribution in [3.63, 3.8) is 0 Å². The van der Waals surface area contributed by atoms with Crippen LogP contribution in [0.15, 0.2) is 54.6 Å². The Morgan fingerprint density at radius 2 is 1.70 bits per heavy atom. The van der Waals surface area contributed by atoms with Gasteiger partial charge in [0, 0.05) is 31.9 Å². The van der Waals surface area contributed by atoms with Gasteiger partial charge in [-0.3, -0.25) is 0 Å². The van der Waals surface area contributed by atoms with Crippen LogP contribution in [0.3, 0.4) is 0 Å². The van der Waals surface area contributed by atoms with Crippen LogP contribution in [0.5, 0.6) is 0 Å². The Balaban J connectivity index is 1.55. The van der Waals surface area contributed by atoms with E-state index < -0.39 is 0 Å². The van der Waals surface area contributed by atoms with E-state index >= 15 is 0 Å². The minimum Gasteiger partial charge on any atom is -0.465 e. The van der Waals surface area contributed by atoms with E-state index in [4.69, 9.17) is 4.74 Å².